The summed E-state index contributed by atoms with van der Waals surface area (Å²) in [6.07, 6.45) is -4.88. The van der Waals surface area contributed by atoms with Crippen molar-refractivity contribution < 1.29 is 27.5 Å². The second kappa shape index (κ2) is 10.6. The topological polar surface area (TPSA) is 49.9 Å². The van der Waals surface area contributed by atoms with Crippen molar-refractivity contribution in [3.8, 4) is 0 Å². The van der Waals surface area contributed by atoms with E-state index < -0.39 is 17.8 Å². The molecule has 1 fully saturated rings. The zero-order valence-electron chi connectivity index (χ0n) is 18.4. The Labute approximate surface area is 196 Å². The van der Waals surface area contributed by atoms with Crippen LogP contribution in [0, 0.1) is 5.92 Å². The van der Waals surface area contributed by atoms with Crippen LogP contribution in [-0.2, 0) is 10.9 Å². The molecule has 0 aromatic heterocycles. The SMILES string of the molecule is CC(C)CN(CC1CN(C(=O)c2cccc(Cl)c2)CCO1)C(=O)c1ccc(C(F)(F)F)cc1. The summed E-state index contributed by atoms with van der Waals surface area (Å²) in [5, 5.41) is 0.468. The van der Waals surface area contributed by atoms with Crippen LogP contribution in [0.4, 0.5) is 13.2 Å². The monoisotopic (exact) mass is 482 g/mol. The van der Waals surface area contributed by atoms with Crippen LogP contribution in [0.3, 0.4) is 0 Å². The molecule has 2 aromatic rings. The van der Waals surface area contributed by atoms with Gasteiger partial charge in [0.2, 0.25) is 0 Å². The Hall–Kier alpha value is -2.58. The molecule has 5 nitrogen and oxygen atoms in total. The number of halogens is 4. The van der Waals surface area contributed by atoms with Gasteiger partial charge in [-0.1, -0.05) is 31.5 Å². The van der Waals surface area contributed by atoms with Crippen LogP contribution in [0.15, 0.2) is 48.5 Å². The van der Waals surface area contributed by atoms with E-state index in [9.17, 15) is 22.8 Å². The van der Waals surface area contributed by atoms with Gasteiger partial charge in [0, 0.05) is 42.3 Å². The van der Waals surface area contributed by atoms with Gasteiger partial charge in [0.1, 0.15) is 0 Å². The van der Waals surface area contributed by atoms with Crippen molar-refractivity contribution in [2.45, 2.75) is 26.1 Å². The largest absolute Gasteiger partial charge is 0.416 e. The summed E-state index contributed by atoms with van der Waals surface area (Å²) in [5.41, 5.74) is -0.158. The van der Waals surface area contributed by atoms with Gasteiger partial charge in [0.05, 0.1) is 18.3 Å². The lowest BCUT2D eigenvalue weighted by atomic mass is 10.1. The predicted octanol–water partition coefficient (Wildman–Crippen LogP) is 5.00. The minimum Gasteiger partial charge on any atom is -0.373 e. The smallest absolute Gasteiger partial charge is 0.373 e. The number of morpholine rings is 1. The number of rotatable bonds is 6. The van der Waals surface area contributed by atoms with Gasteiger partial charge in [-0.25, -0.2) is 0 Å². The second-order valence-corrected chi connectivity index (χ2v) is 8.87. The molecule has 1 unspecified atom stereocenters. The van der Waals surface area contributed by atoms with E-state index in [-0.39, 0.29) is 29.8 Å². The summed E-state index contributed by atoms with van der Waals surface area (Å²) in [7, 11) is 0. The highest BCUT2D eigenvalue weighted by Crippen LogP contribution is 2.29. The third-order valence-corrected chi connectivity index (χ3v) is 5.49. The van der Waals surface area contributed by atoms with Crippen molar-refractivity contribution in [3.05, 3.63) is 70.2 Å². The van der Waals surface area contributed by atoms with Crippen LogP contribution >= 0.6 is 11.6 Å². The standard InChI is InChI=1S/C24H26ClF3N2O3/c1-16(2)13-30(22(31)17-6-8-19(9-7-17)24(26,27)28)15-21-14-29(10-11-33-21)23(32)18-4-3-5-20(25)12-18/h3-9,12,16,21H,10-11,13-15H2,1-2H3. The molecule has 9 heteroatoms. The maximum Gasteiger partial charge on any atom is 0.416 e. The molecule has 2 amide bonds. The number of nitrogens with zero attached hydrogens (tertiary/aromatic N) is 2. The molecule has 0 spiro atoms. The predicted molar refractivity (Wildman–Crippen MR) is 119 cm³/mol. The Morgan fingerprint density at radius 2 is 1.85 bits per heavy atom. The fraction of sp³-hybridized carbons (Fsp3) is 0.417. The number of ether oxygens (including phenoxy) is 1. The van der Waals surface area contributed by atoms with E-state index in [0.717, 1.165) is 12.1 Å². The van der Waals surface area contributed by atoms with Gasteiger partial charge in [-0.05, 0) is 48.4 Å². The zero-order valence-corrected chi connectivity index (χ0v) is 19.2. The van der Waals surface area contributed by atoms with E-state index in [4.69, 9.17) is 16.3 Å². The molecule has 0 radical (unpaired) electrons. The summed E-state index contributed by atoms with van der Waals surface area (Å²) in [5.74, 6) is -0.411. The Morgan fingerprint density at radius 1 is 1.15 bits per heavy atom. The van der Waals surface area contributed by atoms with Gasteiger partial charge in [-0.15, -0.1) is 0 Å². The molecule has 1 aliphatic heterocycles. The fourth-order valence-electron chi connectivity index (χ4n) is 3.73. The maximum atomic E-state index is 13.1. The summed E-state index contributed by atoms with van der Waals surface area (Å²) in [4.78, 5) is 29.2. The normalized spacial score (nSPS) is 16.7. The highest BCUT2D eigenvalue weighted by atomic mass is 35.5. The van der Waals surface area contributed by atoms with E-state index >= 15 is 0 Å². The van der Waals surface area contributed by atoms with Crippen LogP contribution in [0.5, 0.6) is 0 Å². The summed E-state index contributed by atoms with van der Waals surface area (Å²) in [6, 6.07) is 10.9. The Kier molecular flexibility index (Phi) is 8.02. The third-order valence-electron chi connectivity index (χ3n) is 5.25. The average Bonchev–Trinajstić information content (AvgIpc) is 2.77. The van der Waals surface area contributed by atoms with Gasteiger partial charge in [0.25, 0.3) is 11.8 Å². The zero-order chi connectivity index (χ0) is 24.2. The fourth-order valence-corrected chi connectivity index (χ4v) is 3.92. The van der Waals surface area contributed by atoms with Crippen molar-refractivity contribution in [1.82, 2.24) is 9.80 Å². The third kappa shape index (κ3) is 6.71. The lowest BCUT2D eigenvalue weighted by Gasteiger charge is -2.36. The molecule has 178 valence electrons. The van der Waals surface area contributed by atoms with Crippen molar-refractivity contribution in [1.29, 1.82) is 0 Å². The number of hydrogen-bond donors (Lipinski definition) is 0. The van der Waals surface area contributed by atoms with E-state index in [0.29, 0.717) is 36.8 Å². The molecular weight excluding hydrogens is 457 g/mol. The molecular formula is C24H26ClF3N2O3. The van der Waals surface area contributed by atoms with Crippen molar-refractivity contribution in [2.75, 3.05) is 32.8 Å². The van der Waals surface area contributed by atoms with E-state index in [2.05, 4.69) is 0 Å². The number of hydrogen-bond acceptors (Lipinski definition) is 3. The van der Waals surface area contributed by atoms with E-state index in [1.54, 1.807) is 34.1 Å². The molecule has 0 saturated carbocycles. The van der Waals surface area contributed by atoms with Crippen LogP contribution in [0.2, 0.25) is 5.02 Å². The molecule has 1 atom stereocenters. The molecule has 1 heterocycles. The minimum atomic E-state index is -4.46. The Bertz CT molecular complexity index is 980. The first-order valence-corrected chi connectivity index (χ1v) is 11.1. The molecule has 1 aliphatic rings. The summed E-state index contributed by atoms with van der Waals surface area (Å²) < 4.78 is 44.4. The van der Waals surface area contributed by atoms with Crippen LogP contribution in [-0.4, -0.2) is 60.5 Å². The number of carbonyl (C=O) groups excluding carboxylic acids is 2. The summed E-state index contributed by atoms with van der Waals surface area (Å²) in [6.45, 7) is 5.55. The molecule has 0 aliphatic carbocycles. The number of amides is 2. The van der Waals surface area contributed by atoms with Gasteiger partial charge in [-0.2, -0.15) is 13.2 Å². The molecule has 33 heavy (non-hydrogen) atoms. The molecule has 2 aromatic carbocycles. The molecule has 1 saturated heterocycles. The van der Waals surface area contributed by atoms with Crippen LogP contribution in [0.25, 0.3) is 0 Å². The number of alkyl halides is 3. The number of carbonyl (C=O) groups is 2. The number of benzene rings is 2. The lowest BCUT2D eigenvalue weighted by molar-refractivity contribution is -0.137. The second-order valence-electron chi connectivity index (χ2n) is 8.43. The maximum absolute atomic E-state index is 13.1. The van der Waals surface area contributed by atoms with Crippen molar-refractivity contribution in [3.63, 3.8) is 0 Å². The van der Waals surface area contributed by atoms with Crippen molar-refractivity contribution in [2.24, 2.45) is 5.92 Å². The lowest BCUT2D eigenvalue weighted by Crippen LogP contribution is -2.51. The molecule has 0 N–H and O–H groups in total. The quantitative estimate of drug-likeness (QED) is 0.582. The molecule has 3 rings (SSSR count). The minimum absolute atomic E-state index is 0.135. The first-order chi connectivity index (χ1) is 15.5. The van der Waals surface area contributed by atoms with Crippen LogP contribution in [0.1, 0.15) is 40.1 Å². The van der Waals surface area contributed by atoms with Gasteiger partial charge in [0.15, 0.2) is 0 Å². The molecule has 0 bridgehead atoms. The highest BCUT2D eigenvalue weighted by Gasteiger charge is 2.31. The Morgan fingerprint density at radius 3 is 2.45 bits per heavy atom. The highest BCUT2D eigenvalue weighted by molar-refractivity contribution is 6.30. The van der Waals surface area contributed by atoms with E-state index in [1.165, 1.54) is 12.1 Å². The summed E-state index contributed by atoms with van der Waals surface area (Å²) >= 11 is 6.00. The first-order valence-electron chi connectivity index (χ1n) is 10.7. The van der Waals surface area contributed by atoms with Crippen molar-refractivity contribution >= 4 is 23.4 Å². The van der Waals surface area contributed by atoms with Gasteiger partial charge < -0.3 is 14.5 Å². The van der Waals surface area contributed by atoms with E-state index in [1.807, 2.05) is 13.8 Å². The Balaban J connectivity index is 1.71. The average molecular weight is 483 g/mol. The first kappa shape index (κ1) is 25.1. The van der Waals surface area contributed by atoms with Crippen LogP contribution < -0.4 is 0 Å². The van der Waals surface area contributed by atoms with Gasteiger partial charge >= 0.3 is 6.18 Å². The van der Waals surface area contributed by atoms with Gasteiger partial charge in [-0.3, -0.25) is 9.59 Å².